The van der Waals surface area contributed by atoms with Gasteiger partial charge in [0.05, 0.1) is 11.8 Å². The highest BCUT2D eigenvalue weighted by atomic mass is 14.9. The standard InChI is InChI=1S/C14H12N2.C13H11N.CH4/c15-11-14(12-7-3-1-4-8-12)16-13-9-5-2-6-10-13;1-3-7-12(8-4-1)11-14-13-9-5-2-6-10-13;/h1-10,14,16H;1-11H;1H4. The minimum atomic E-state index is -0.302. The van der Waals surface area contributed by atoms with Crippen LogP contribution in [0.1, 0.15) is 24.6 Å². The van der Waals surface area contributed by atoms with E-state index in [0.717, 1.165) is 22.5 Å². The average molecular weight is 406 g/mol. The quantitative estimate of drug-likeness (QED) is 0.351. The van der Waals surface area contributed by atoms with Gasteiger partial charge in [-0.25, -0.2) is 0 Å². The molecule has 1 N–H and O–H groups in total. The number of anilines is 1. The molecule has 154 valence electrons. The molecule has 0 aliphatic heterocycles. The Kier molecular flexibility index (Phi) is 9.80. The second-order valence-corrected chi connectivity index (χ2v) is 6.49. The van der Waals surface area contributed by atoms with Crippen LogP contribution in [0.2, 0.25) is 0 Å². The molecule has 3 heteroatoms. The maximum Gasteiger partial charge on any atom is 0.140 e. The first-order valence-electron chi connectivity index (χ1n) is 9.75. The molecule has 0 bridgehead atoms. The smallest absolute Gasteiger partial charge is 0.140 e. The van der Waals surface area contributed by atoms with E-state index in [-0.39, 0.29) is 13.5 Å². The summed E-state index contributed by atoms with van der Waals surface area (Å²) in [6.45, 7) is 0. The second kappa shape index (κ2) is 13.1. The van der Waals surface area contributed by atoms with Crippen LogP contribution in [-0.2, 0) is 0 Å². The van der Waals surface area contributed by atoms with Crippen molar-refractivity contribution in [3.8, 4) is 6.07 Å². The summed E-state index contributed by atoms with van der Waals surface area (Å²) in [6.07, 6.45) is 1.87. The fraction of sp³-hybridized carbons (Fsp3) is 0.0714. The van der Waals surface area contributed by atoms with E-state index >= 15 is 0 Å². The van der Waals surface area contributed by atoms with Crippen molar-refractivity contribution in [1.29, 1.82) is 5.26 Å². The maximum absolute atomic E-state index is 9.13. The maximum atomic E-state index is 9.13. The van der Waals surface area contributed by atoms with E-state index in [1.807, 2.05) is 128 Å². The summed E-state index contributed by atoms with van der Waals surface area (Å²) in [5.41, 5.74) is 4.04. The molecular weight excluding hydrogens is 378 g/mol. The number of hydrogen-bond acceptors (Lipinski definition) is 3. The van der Waals surface area contributed by atoms with Gasteiger partial charge in [0, 0.05) is 11.9 Å². The molecule has 1 unspecified atom stereocenters. The predicted molar refractivity (Wildman–Crippen MR) is 132 cm³/mol. The van der Waals surface area contributed by atoms with Crippen molar-refractivity contribution in [2.75, 3.05) is 5.32 Å². The van der Waals surface area contributed by atoms with E-state index in [9.17, 15) is 0 Å². The zero-order chi connectivity index (χ0) is 20.9. The molecule has 0 aliphatic rings. The van der Waals surface area contributed by atoms with Gasteiger partial charge in [0.25, 0.3) is 0 Å². The first-order valence-corrected chi connectivity index (χ1v) is 9.75. The van der Waals surface area contributed by atoms with Crippen molar-refractivity contribution in [3.05, 3.63) is 132 Å². The molecule has 0 heterocycles. The van der Waals surface area contributed by atoms with Crippen LogP contribution in [0.25, 0.3) is 0 Å². The molecule has 4 rings (SSSR count). The molecule has 0 aromatic heterocycles. The van der Waals surface area contributed by atoms with E-state index in [2.05, 4.69) is 16.4 Å². The molecule has 31 heavy (non-hydrogen) atoms. The molecule has 4 aromatic carbocycles. The predicted octanol–water partition coefficient (Wildman–Crippen LogP) is 7.44. The van der Waals surface area contributed by atoms with Crippen molar-refractivity contribution in [2.24, 2.45) is 4.99 Å². The Morgan fingerprint density at radius 2 is 1.16 bits per heavy atom. The summed E-state index contributed by atoms with van der Waals surface area (Å²) in [5, 5.41) is 12.3. The van der Waals surface area contributed by atoms with Crippen LogP contribution < -0.4 is 5.32 Å². The molecule has 0 saturated carbocycles. The van der Waals surface area contributed by atoms with Gasteiger partial charge in [-0.1, -0.05) is 104 Å². The number of para-hydroxylation sites is 2. The van der Waals surface area contributed by atoms with Gasteiger partial charge >= 0.3 is 0 Å². The summed E-state index contributed by atoms with van der Waals surface area (Å²) in [7, 11) is 0. The van der Waals surface area contributed by atoms with Gasteiger partial charge < -0.3 is 5.32 Å². The lowest BCUT2D eigenvalue weighted by Crippen LogP contribution is -2.07. The number of nitriles is 1. The van der Waals surface area contributed by atoms with Crippen molar-refractivity contribution < 1.29 is 0 Å². The molecule has 1 atom stereocenters. The van der Waals surface area contributed by atoms with Gasteiger partial charge in [0.2, 0.25) is 0 Å². The molecule has 3 nitrogen and oxygen atoms in total. The Bertz CT molecular complexity index is 1010. The molecular formula is C28H27N3. The third-order valence-electron chi connectivity index (χ3n) is 4.27. The van der Waals surface area contributed by atoms with Gasteiger partial charge in [-0.2, -0.15) is 5.26 Å². The van der Waals surface area contributed by atoms with Crippen LogP contribution in [0.4, 0.5) is 11.4 Å². The number of hydrogen-bond donors (Lipinski definition) is 1. The molecule has 4 aromatic rings. The Hall–Kier alpha value is -4.16. The lowest BCUT2D eigenvalue weighted by Gasteiger charge is -2.12. The van der Waals surface area contributed by atoms with E-state index in [0.29, 0.717) is 0 Å². The highest BCUT2D eigenvalue weighted by Crippen LogP contribution is 2.18. The summed E-state index contributed by atoms with van der Waals surface area (Å²) < 4.78 is 0. The highest BCUT2D eigenvalue weighted by molar-refractivity contribution is 5.81. The topological polar surface area (TPSA) is 48.2 Å². The largest absolute Gasteiger partial charge is 0.366 e. The normalized spacial score (nSPS) is 10.7. The molecule has 0 radical (unpaired) electrons. The molecule has 0 aliphatic carbocycles. The monoisotopic (exact) mass is 405 g/mol. The third kappa shape index (κ3) is 8.00. The van der Waals surface area contributed by atoms with E-state index < -0.39 is 0 Å². The lowest BCUT2D eigenvalue weighted by atomic mass is 10.1. The van der Waals surface area contributed by atoms with Gasteiger partial charge in [0.1, 0.15) is 6.04 Å². The third-order valence-corrected chi connectivity index (χ3v) is 4.27. The zero-order valence-electron chi connectivity index (χ0n) is 16.6. The zero-order valence-corrected chi connectivity index (χ0v) is 16.6. The van der Waals surface area contributed by atoms with E-state index in [1.54, 1.807) is 0 Å². The fourth-order valence-corrected chi connectivity index (χ4v) is 2.74. The van der Waals surface area contributed by atoms with E-state index in [4.69, 9.17) is 5.26 Å². The number of rotatable bonds is 5. The lowest BCUT2D eigenvalue weighted by molar-refractivity contribution is 0.998. The van der Waals surface area contributed by atoms with Crippen LogP contribution in [0.5, 0.6) is 0 Å². The molecule has 0 fully saturated rings. The van der Waals surface area contributed by atoms with Crippen molar-refractivity contribution in [1.82, 2.24) is 0 Å². The summed E-state index contributed by atoms with van der Waals surface area (Å²) in [4.78, 5) is 4.35. The van der Waals surface area contributed by atoms with Gasteiger partial charge in [-0.05, 0) is 35.4 Å². The molecule has 0 amide bonds. The minimum Gasteiger partial charge on any atom is -0.366 e. The molecule has 0 saturated heterocycles. The van der Waals surface area contributed by atoms with Crippen molar-refractivity contribution >= 4 is 17.6 Å². The van der Waals surface area contributed by atoms with Crippen molar-refractivity contribution in [3.63, 3.8) is 0 Å². The van der Waals surface area contributed by atoms with Gasteiger partial charge in [-0.3, -0.25) is 4.99 Å². The number of nitrogens with one attached hydrogen (secondary N) is 1. The second-order valence-electron chi connectivity index (χ2n) is 6.49. The van der Waals surface area contributed by atoms with Gasteiger partial charge in [0.15, 0.2) is 0 Å². The van der Waals surface area contributed by atoms with Gasteiger partial charge in [-0.15, -0.1) is 0 Å². The van der Waals surface area contributed by atoms with Crippen LogP contribution in [0.15, 0.2) is 126 Å². The van der Waals surface area contributed by atoms with E-state index in [1.165, 1.54) is 0 Å². The minimum absolute atomic E-state index is 0. The van der Waals surface area contributed by atoms with Crippen LogP contribution in [-0.4, -0.2) is 6.21 Å². The highest BCUT2D eigenvalue weighted by Gasteiger charge is 2.08. The summed E-state index contributed by atoms with van der Waals surface area (Å²) in [6, 6.07) is 41.4. The van der Waals surface area contributed by atoms with Crippen LogP contribution in [0.3, 0.4) is 0 Å². The number of benzene rings is 4. The Labute approximate surface area is 185 Å². The van der Waals surface area contributed by atoms with Crippen molar-refractivity contribution in [2.45, 2.75) is 13.5 Å². The molecule has 0 spiro atoms. The van der Waals surface area contributed by atoms with Crippen LogP contribution >= 0.6 is 0 Å². The Morgan fingerprint density at radius 3 is 1.71 bits per heavy atom. The number of nitrogens with zero attached hydrogens (tertiary/aromatic N) is 2. The SMILES string of the molecule is C.C(=Nc1ccccc1)c1ccccc1.N#CC(Nc1ccccc1)c1ccccc1. The summed E-state index contributed by atoms with van der Waals surface area (Å²) in [5.74, 6) is 0. The average Bonchev–Trinajstić information content (AvgIpc) is 2.84. The Balaban J connectivity index is 0.000000215. The first kappa shape index (κ1) is 23.1. The number of aliphatic imine (C=N–C) groups is 1. The Morgan fingerprint density at radius 1 is 0.677 bits per heavy atom. The fourth-order valence-electron chi connectivity index (χ4n) is 2.74. The summed E-state index contributed by atoms with van der Waals surface area (Å²) >= 11 is 0. The van der Waals surface area contributed by atoms with Crippen LogP contribution in [0, 0.1) is 11.3 Å². The first-order chi connectivity index (χ1) is 14.8.